The average molecular weight is 357 g/mol. The molecule has 0 saturated carbocycles. The maximum absolute atomic E-state index is 12.6. The van der Waals surface area contributed by atoms with E-state index in [4.69, 9.17) is 0 Å². The molecule has 1 saturated heterocycles. The molecule has 7 nitrogen and oxygen atoms in total. The highest BCUT2D eigenvalue weighted by Gasteiger charge is 2.18. The summed E-state index contributed by atoms with van der Waals surface area (Å²) in [5.41, 5.74) is 3.12. The highest BCUT2D eigenvalue weighted by molar-refractivity contribution is 5.94. The number of aromatic nitrogens is 2. The van der Waals surface area contributed by atoms with Crippen molar-refractivity contribution in [3.8, 4) is 0 Å². The first-order valence-electron chi connectivity index (χ1n) is 9.29. The molecule has 26 heavy (non-hydrogen) atoms. The third-order valence-electron chi connectivity index (χ3n) is 4.78. The Labute approximate surface area is 153 Å². The summed E-state index contributed by atoms with van der Waals surface area (Å²) in [5.74, 6) is 0.0246. The van der Waals surface area contributed by atoms with Crippen LogP contribution in [0.5, 0.6) is 0 Å². The van der Waals surface area contributed by atoms with E-state index in [2.05, 4.69) is 15.6 Å². The Kier molecular flexibility index (Phi) is 5.88. The average Bonchev–Trinajstić information content (AvgIpc) is 2.80. The fraction of sp³-hybridized carbons (Fsp3) is 0.526. The van der Waals surface area contributed by atoms with Gasteiger partial charge in [0.25, 0.3) is 5.91 Å². The number of nitrogens with zero attached hydrogens (tertiary/aromatic N) is 3. The summed E-state index contributed by atoms with van der Waals surface area (Å²) in [6, 6.07) is 3.89. The zero-order valence-corrected chi connectivity index (χ0v) is 15.5. The topological polar surface area (TPSA) is 78.7 Å². The minimum atomic E-state index is -0.146. The van der Waals surface area contributed by atoms with Crippen LogP contribution in [-0.4, -0.2) is 58.8 Å². The Morgan fingerprint density at radius 2 is 2.12 bits per heavy atom. The summed E-state index contributed by atoms with van der Waals surface area (Å²) >= 11 is 0. The zero-order valence-electron chi connectivity index (χ0n) is 15.5. The molecular formula is C19H27N5O2. The van der Waals surface area contributed by atoms with Crippen molar-refractivity contribution < 1.29 is 9.59 Å². The summed E-state index contributed by atoms with van der Waals surface area (Å²) in [7, 11) is 0. The number of aryl methyl sites for hydroxylation is 2. The second kappa shape index (κ2) is 8.31. The Bertz CT molecular complexity index is 791. The van der Waals surface area contributed by atoms with E-state index in [0.717, 1.165) is 43.8 Å². The van der Waals surface area contributed by atoms with Gasteiger partial charge in [0.1, 0.15) is 11.3 Å². The Morgan fingerprint density at radius 3 is 2.96 bits per heavy atom. The number of hydrogen-bond donors (Lipinski definition) is 2. The van der Waals surface area contributed by atoms with Gasteiger partial charge in [0.05, 0.1) is 5.69 Å². The lowest BCUT2D eigenvalue weighted by Crippen LogP contribution is -2.34. The fourth-order valence-corrected chi connectivity index (χ4v) is 3.37. The van der Waals surface area contributed by atoms with Gasteiger partial charge in [-0.25, -0.2) is 4.98 Å². The third-order valence-corrected chi connectivity index (χ3v) is 4.78. The van der Waals surface area contributed by atoms with Crippen LogP contribution in [0.4, 0.5) is 0 Å². The number of nitrogens with one attached hydrogen (secondary N) is 2. The predicted octanol–water partition coefficient (Wildman–Crippen LogP) is 1.28. The van der Waals surface area contributed by atoms with Gasteiger partial charge in [-0.3, -0.25) is 14.0 Å². The minimum absolute atomic E-state index is 0.146. The first-order valence-corrected chi connectivity index (χ1v) is 9.29. The SMILES string of the molecule is Cc1nc2c(C)cccn2c1C(=O)NCCCC(=O)N1CCCNCC1. The molecule has 2 N–H and O–H groups in total. The van der Waals surface area contributed by atoms with Gasteiger partial charge < -0.3 is 15.5 Å². The number of imidazole rings is 1. The van der Waals surface area contributed by atoms with Crippen molar-refractivity contribution in [2.75, 3.05) is 32.7 Å². The lowest BCUT2D eigenvalue weighted by atomic mass is 10.2. The molecule has 1 fully saturated rings. The molecule has 2 aromatic rings. The predicted molar refractivity (Wildman–Crippen MR) is 100 cm³/mol. The number of hydrogen-bond acceptors (Lipinski definition) is 4. The van der Waals surface area contributed by atoms with E-state index >= 15 is 0 Å². The summed E-state index contributed by atoms with van der Waals surface area (Å²) < 4.78 is 1.83. The lowest BCUT2D eigenvalue weighted by molar-refractivity contribution is -0.131. The summed E-state index contributed by atoms with van der Waals surface area (Å²) in [5, 5.41) is 6.22. The first-order chi connectivity index (χ1) is 12.6. The Balaban J connectivity index is 1.52. The number of carbonyl (C=O) groups excluding carboxylic acids is 2. The second-order valence-corrected chi connectivity index (χ2v) is 6.77. The molecule has 7 heteroatoms. The molecular weight excluding hydrogens is 330 g/mol. The van der Waals surface area contributed by atoms with Gasteiger partial charge >= 0.3 is 0 Å². The smallest absolute Gasteiger partial charge is 0.270 e. The van der Waals surface area contributed by atoms with Crippen molar-refractivity contribution in [2.24, 2.45) is 0 Å². The molecule has 1 aliphatic heterocycles. The third kappa shape index (κ3) is 4.04. The van der Waals surface area contributed by atoms with Crippen molar-refractivity contribution >= 4 is 17.5 Å². The maximum atomic E-state index is 12.6. The zero-order chi connectivity index (χ0) is 18.5. The van der Waals surface area contributed by atoms with Crippen molar-refractivity contribution in [1.82, 2.24) is 24.9 Å². The molecule has 0 atom stereocenters. The number of carbonyl (C=O) groups is 2. The molecule has 140 valence electrons. The van der Waals surface area contributed by atoms with Gasteiger partial charge in [-0.1, -0.05) is 6.07 Å². The van der Waals surface area contributed by atoms with Gasteiger partial charge in [-0.15, -0.1) is 0 Å². The van der Waals surface area contributed by atoms with Crippen LogP contribution in [0.2, 0.25) is 0 Å². The summed E-state index contributed by atoms with van der Waals surface area (Å²) in [6.45, 7) is 7.72. The summed E-state index contributed by atoms with van der Waals surface area (Å²) in [6.07, 6.45) is 3.96. The molecule has 2 amide bonds. The number of fused-ring (bicyclic) bond motifs is 1. The van der Waals surface area contributed by atoms with Gasteiger partial charge in [0.2, 0.25) is 5.91 Å². The lowest BCUT2D eigenvalue weighted by Gasteiger charge is -2.19. The monoisotopic (exact) mass is 357 g/mol. The first kappa shape index (κ1) is 18.4. The van der Waals surface area contributed by atoms with Crippen LogP contribution >= 0.6 is 0 Å². The van der Waals surface area contributed by atoms with Crippen molar-refractivity contribution in [3.63, 3.8) is 0 Å². The molecule has 2 aromatic heterocycles. The Morgan fingerprint density at radius 1 is 1.27 bits per heavy atom. The van der Waals surface area contributed by atoms with E-state index in [1.165, 1.54) is 0 Å². The number of amides is 2. The van der Waals surface area contributed by atoms with Gasteiger partial charge in [0, 0.05) is 38.8 Å². The minimum Gasteiger partial charge on any atom is -0.351 e. The number of pyridine rings is 1. The Hall–Kier alpha value is -2.41. The molecule has 3 heterocycles. The van der Waals surface area contributed by atoms with E-state index in [-0.39, 0.29) is 11.8 Å². The van der Waals surface area contributed by atoms with Crippen molar-refractivity contribution in [3.05, 3.63) is 35.3 Å². The normalized spacial score (nSPS) is 15.1. The molecule has 3 rings (SSSR count). The fourth-order valence-electron chi connectivity index (χ4n) is 3.37. The van der Waals surface area contributed by atoms with E-state index in [0.29, 0.717) is 30.8 Å². The molecule has 1 aliphatic rings. The van der Waals surface area contributed by atoms with Gasteiger partial charge in [-0.2, -0.15) is 0 Å². The maximum Gasteiger partial charge on any atom is 0.270 e. The van der Waals surface area contributed by atoms with E-state index in [1.807, 2.05) is 41.5 Å². The molecule has 0 spiro atoms. The molecule has 0 bridgehead atoms. The largest absolute Gasteiger partial charge is 0.351 e. The highest BCUT2D eigenvalue weighted by atomic mass is 16.2. The van der Waals surface area contributed by atoms with Crippen LogP contribution < -0.4 is 10.6 Å². The summed E-state index contributed by atoms with van der Waals surface area (Å²) in [4.78, 5) is 31.2. The van der Waals surface area contributed by atoms with Gasteiger partial charge in [-0.05, 0) is 44.9 Å². The van der Waals surface area contributed by atoms with Crippen molar-refractivity contribution in [1.29, 1.82) is 0 Å². The molecule has 0 aromatic carbocycles. The van der Waals surface area contributed by atoms with E-state index in [9.17, 15) is 9.59 Å². The molecule has 0 radical (unpaired) electrons. The van der Waals surface area contributed by atoms with Crippen molar-refractivity contribution in [2.45, 2.75) is 33.1 Å². The number of rotatable bonds is 5. The van der Waals surface area contributed by atoms with Crippen LogP contribution in [0.15, 0.2) is 18.3 Å². The van der Waals surface area contributed by atoms with Crippen LogP contribution in [0.1, 0.15) is 41.0 Å². The molecule has 0 unspecified atom stereocenters. The standard InChI is InChI=1S/C19H27N5O2/c1-14-6-4-12-24-17(15(2)22-18(14)24)19(26)21-9-3-7-16(25)23-11-5-8-20-10-13-23/h4,6,12,20H,3,5,7-11,13H2,1-2H3,(H,21,26). The van der Waals surface area contributed by atoms with E-state index in [1.54, 1.807) is 0 Å². The van der Waals surface area contributed by atoms with E-state index < -0.39 is 0 Å². The van der Waals surface area contributed by atoms with Crippen LogP contribution in [0.3, 0.4) is 0 Å². The second-order valence-electron chi connectivity index (χ2n) is 6.77. The molecule has 0 aliphatic carbocycles. The van der Waals surface area contributed by atoms with Gasteiger partial charge in [0.15, 0.2) is 0 Å². The highest BCUT2D eigenvalue weighted by Crippen LogP contribution is 2.15. The van der Waals surface area contributed by atoms with Crippen LogP contribution in [0.25, 0.3) is 5.65 Å². The van der Waals surface area contributed by atoms with Crippen LogP contribution in [-0.2, 0) is 4.79 Å². The van der Waals surface area contributed by atoms with Crippen LogP contribution in [0, 0.1) is 13.8 Å². The quantitative estimate of drug-likeness (QED) is 0.790.